The van der Waals surface area contributed by atoms with Crippen LogP contribution in [0.25, 0.3) is 10.8 Å². The molecule has 0 spiro atoms. The van der Waals surface area contributed by atoms with E-state index in [1.165, 1.54) is 14.0 Å². The predicted molar refractivity (Wildman–Crippen MR) is 99.9 cm³/mol. The Morgan fingerprint density at radius 3 is 2.36 bits per heavy atom. The number of carbonyl (C=O) groups is 2. The molecule has 8 heteroatoms. The van der Waals surface area contributed by atoms with Gasteiger partial charge < -0.3 is 10.1 Å². The van der Waals surface area contributed by atoms with Gasteiger partial charge in [0.05, 0.1) is 7.11 Å². The molecule has 0 unspecified atom stereocenters. The normalized spacial score (nSPS) is 12.2. The van der Waals surface area contributed by atoms with Crippen LogP contribution in [0.15, 0.2) is 18.3 Å². The first kappa shape index (κ1) is 21.1. The summed E-state index contributed by atoms with van der Waals surface area (Å²) >= 11 is 11.8. The first-order chi connectivity index (χ1) is 11.9. The third kappa shape index (κ3) is 6.84. The van der Waals surface area contributed by atoms with Crippen LogP contribution in [-0.2, 0) is 14.3 Å². The van der Waals surface area contributed by atoms with E-state index in [0.717, 1.165) is 18.2 Å². The molecule has 6 nitrogen and oxygen atoms in total. The molecule has 1 fully saturated rings. The molecule has 0 atom stereocenters. The van der Waals surface area contributed by atoms with Crippen LogP contribution < -0.4 is 5.32 Å². The fraction of sp³-hybridized carbons (Fsp3) is 0.412. The van der Waals surface area contributed by atoms with Gasteiger partial charge >= 0.3 is 5.97 Å². The maximum atomic E-state index is 11.6. The second kappa shape index (κ2) is 10.2. The highest BCUT2D eigenvalue weighted by Crippen LogP contribution is 2.31. The number of methoxy groups -OCH3 is 1. The summed E-state index contributed by atoms with van der Waals surface area (Å²) < 4.78 is 4.11. The number of hydrogen-bond donors (Lipinski definition) is 1. The van der Waals surface area contributed by atoms with Gasteiger partial charge in [0, 0.05) is 24.4 Å². The van der Waals surface area contributed by atoms with Gasteiger partial charge in [-0.1, -0.05) is 37.0 Å². The average Bonchev–Trinajstić information content (AvgIpc) is 3.41. The van der Waals surface area contributed by atoms with E-state index in [9.17, 15) is 9.59 Å². The number of esters is 1. The summed E-state index contributed by atoms with van der Waals surface area (Å²) in [6.07, 6.45) is 3.51. The number of fused-ring (bicyclic) bond motifs is 1. The van der Waals surface area contributed by atoms with E-state index in [1.54, 1.807) is 18.3 Å². The summed E-state index contributed by atoms with van der Waals surface area (Å²) in [6, 6.07) is 3.44. The van der Waals surface area contributed by atoms with Crippen LogP contribution in [0.1, 0.15) is 33.6 Å². The molecule has 3 rings (SSSR count). The smallest absolute Gasteiger partial charge is 0.302 e. The van der Waals surface area contributed by atoms with E-state index < -0.39 is 0 Å². The zero-order valence-electron chi connectivity index (χ0n) is 14.6. The highest BCUT2D eigenvalue weighted by Gasteiger charge is 2.29. The second-order valence-corrected chi connectivity index (χ2v) is 5.73. The van der Waals surface area contributed by atoms with Gasteiger partial charge in [-0.2, -0.15) is 0 Å². The van der Waals surface area contributed by atoms with Gasteiger partial charge in [-0.25, -0.2) is 9.97 Å². The predicted octanol–water partition coefficient (Wildman–Crippen LogP) is 4.49. The number of hydrogen-bond acceptors (Lipinski definition) is 5. The van der Waals surface area contributed by atoms with Gasteiger partial charge in [0.25, 0.3) is 0 Å². The van der Waals surface area contributed by atoms with Crippen molar-refractivity contribution < 1.29 is 14.3 Å². The summed E-state index contributed by atoms with van der Waals surface area (Å²) in [4.78, 5) is 29.3. The molecule has 1 N–H and O–H groups in total. The molecule has 0 aromatic carbocycles. The van der Waals surface area contributed by atoms with Crippen molar-refractivity contribution in [1.82, 2.24) is 9.97 Å². The van der Waals surface area contributed by atoms with Crippen LogP contribution in [0.4, 0.5) is 5.82 Å². The minimum atomic E-state index is -0.245. The number of aromatic nitrogens is 2. The van der Waals surface area contributed by atoms with Crippen molar-refractivity contribution in [2.75, 3.05) is 12.4 Å². The van der Waals surface area contributed by atoms with Crippen molar-refractivity contribution in [1.29, 1.82) is 0 Å². The molecule has 2 heterocycles. The summed E-state index contributed by atoms with van der Waals surface area (Å²) in [5, 5.41) is 4.93. The fourth-order valence-electron chi connectivity index (χ4n) is 1.72. The molecule has 1 aliphatic rings. The van der Waals surface area contributed by atoms with Gasteiger partial charge in [0.2, 0.25) is 5.91 Å². The third-order valence-electron chi connectivity index (χ3n) is 3.12. The molecule has 0 bridgehead atoms. The number of anilines is 1. The monoisotopic (exact) mass is 385 g/mol. The number of rotatable bonds is 2. The first-order valence-electron chi connectivity index (χ1n) is 7.88. The number of halogens is 2. The zero-order valence-corrected chi connectivity index (χ0v) is 16.1. The molecular weight excluding hydrogens is 365 g/mol. The highest BCUT2D eigenvalue weighted by molar-refractivity contribution is 6.36. The average molecular weight is 386 g/mol. The van der Waals surface area contributed by atoms with Crippen LogP contribution in [-0.4, -0.2) is 29.0 Å². The Kier molecular flexibility index (Phi) is 8.58. The van der Waals surface area contributed by atoms with Crippen molar-refractivity contribution in [3.63, 3.8) is 0 Å². The second-order valence-electron chi connectivity index (χ2n) is 4.99. The van der Waals surface area contributed by atoms with Crippen LogP contribution in [0, 0.1) is 5.92 Å². The topological polar surface area (TPSA) is 81.2 Å². The van der Waals surface area contributed by atoms with E-state index in [4.69, 9.17) is 23.2 Å². The summed E-state index contributed by atoms with van der Waals surface area (Å²) in [7, 11) is 1.35. The summed E-state index contributed by atoms with van der Waals surface area (Å²) in [5.74, 6) is 0.433. The Bertz CT molecular complexity index is 749. The van der Waals surface area contributed by atoms with Crippen molar-refractivity contribution in [2.24, 2.45) is 5.92 Å². The molecule has 2 aromatic heterocycles. The van der Waals surface area contributed by atoms with Crippen molar-refractivity contribution in [2.45, 2.75) is 33.6 Å². The molecular formula is C17H21Cl2N3O3. The van der Waals surface area contributed by atoms with Gasteiger partial charge in [-0.15, -0.1) is 0 Å². The minimum absolute atomic E-state index is 0.0214. The Morgan fingerprint density at radius 1 is 1.24 bits per heavy atom. The molecule has 0 aliphatic heterocycles. The van der Waals surface area contributed by atoms with E-state index >= 15 is 0 Å². The van der Waals surface area contributed by atoms with Gasteiger partial charge in [0.15, 0.2) is 0 Å². The van der Waals surface area contributed by atoms with Crippen LogP contribution in [0.2, 0.25) is 10.3 Å². The molecule has 0 saturated heterocycles. The van der Waals surface area contributed by atoms with Gasteiger partial charge in [-0.05, 0) is 30.4 Å². The SMILES string of the molecule is CC.COC(C)=O.O=C(Nc1cc2cc(Cl)nc(Cl)c2cn1)C1CC1. The van der Waals surface area contributed by atoms with E-state index in [-0.39, 0.29) is 17.8 Å². The van der Waals surface area contributed by atoms with E-state index in [2.05, 4.69) is 20.0 Å². The fourth-order valence-corrected chi connectivity index (χ4v) is 2.21. The van der Waals surface area contributed by atoms with E-state index in [0.29, 0.717) is 21.5 Å². The lowest BCUT2D eigenvalue weighted by atomic mass is 10.2. The van der Waals surface area contributed by atoms with Gasteiger partial charge in [-0.3, -0.25) is 9.59 Å². The quantitative estimate of drug-likeness (QED) is 0.608. The number of nitrogens with zero attached hydrogens (tertiary/aromatic N) is 2. The zero-order chi connectivity index (χ0) is 19.0. The number of nitrogens with one attached hydrogen (secondary N) is 1. The minimum Gasteiger partial charge on any atom is -0.469 e. The molecule has 1 amide bonds. The molecule has 25 heavy (non-hydrogen) atoms. The highest BCUT2D eigenvalue weighted by atomic mass is 35.5. The Labute approximate surface area is 156 Å². The number of amides is 1. The molecule has 1 saturated carbocycles. The van der Waals surface area contributed by atoms with Crippen LogP contribution >= 0.6 is 23.2 Å². The standard InChI is InChI=1S/C12H9Cl2N3O.C3H6O2.C2H6/c13-9-3-7-4-10(17-12(18)6-1-2-6)15-5-8(7)11(14)16-9;1-3(4)5-2;1-2/h3-6H,1-2H2,(H,15,17,18);1-2H3;1-2H3. The summed E-state index contributed by atoms with van der Waals surface area (Å²) in [6.45, 7) is 5.36. The molecule has 136 valence electrons. The van der Waals surface area contributed by atoms with Gasteiger partial charge in [0.1, 0.15) is 16.1 Å². The Hall–Kier alpha value is -1.92. The maximum absolute atomic E-state index is 11.6. The van der Waals surface area contributed by atoms with Crippen LogP contribution in [0.3, 0.4) is 0 Å². The number of ether oxygens (including phenoxy) is 1. The largest absolute Gasteiger partial charge is 0.469 e. The maximum Gasteiger partial charge on any atom is 0.302 e. The number of pyridine rings is 2. The lowest BCUT2D eigenvalue weighted by Gasteiger charge is -2.05. The van der Waals surface area contributed by atoms with Crippen LogP contribution in [0.5, 0.6) is 0 Å². The Balaban J connectivity index is 0.000000388. The first-order valence-corrected chi connectivity index (χ1v) is 8.63. The van der Waals surface area contributed by atoms with Crippen molar-refractivity contribution in [3.8, 4) is 0 Å². The lowest BCUT2D eigenvalue weighted by molar-refractivity contribution is -0.137. The number of carbonyl (C=O) groups excluding carboxylic acids is 2. The molecule has 1 aliphatic carbocycles. The third-order valence-corrected chi connectivity index (χ3v) is 3.61. The molecule has 2 aromatic rings. The Morgan fingerprint density at radius 2 is 1.84 bits per heavy atom. The van der Waals surface area contributed by atoms with E-state index in [1.807, 2.05) is 13.8 Å². The van der Waals surface area contributed by atoms with Crippen molar-refractivity contribution in [3.05, 3.63) is 28.6 Å². The lowest BCUT2D eigenvalue weighted by Crippen LogP contribution is -2.14. The summed E-state index contributed by atoms with van der Waals surface area (Å²) in [5.41, 5.74) is 0. The molecule has 0 radical (unpaired) electrons. The van der Waals surface area contributed by atoms with Crippen molar-refractivity contribution >= 4 is 51.7 Å².